The predicted molar refractivity (Wildman–Crippen MR) is 65.0 cm³/mol. The van der Waals surface area contributed by atoms with E-state index in [1.807, 2.05) is 0 Å². The van der Waals surface area contributed by atoms with E-state index < -0.39 is 0 Å². The fourth-order valence-electron chi connectivity index (χ4n) is 3.23. The van der Waals surface area contributed by atoms with Crippen LogP contribution in [0.2, 0.25) is 0 Å². The van der Waals surface area contributed by atoms with Crippen LogP contribution in [0.5, 0.6) is 0 Å². The first-order valence-corrected chi connectivity index (χ1v) is 6.30. The van der Waals surface area contributed by atoms with Gasteiger partial charge in [-0.2, -0.15) is 0 Å². The van der Waals surface area contributed by atoms with Crippen molar-refractivity contribution in [2.24, 2.45) is 17.3 Å². The molecule has 0 bridgehead atoms. The highest BCUT2D eigenvalue weighted by molar-refractivity contribution is 5.76. The molecule has 1 saturated carbocycles. The molecule has 1 amide bonds. The van der Waals surface area contributed by atoms with Gasteiger partial charge in [-0.1, -0.05) is 20.8 Å². The molecule has 0 heterocycles. The molecular formula is C13H25NO2. The van der Waals surface area contributed by atoms with Crippen LogP contribution in [-0.4, -0.2) is 24.2 Å². The molecule has 0 spiro atoms. The maximum absolute atomic E-state index is 11.6. The zero-order chi connectivity index (χ0) is 12.2. The van der Waals surface area contributed by atoms with E-state index >= 15 is 0 Å². The molecule has 0 aliphatic heterocycles. The van der Waals surface area contributed by atoms with Gasteiger partial charge in [-0.25, -0.2) is 0 Å². The van der Waals surface area contributed by atoms with Crippen LogP contribution in [0.3, 0.4) is 0 Å². The minimum absolute atomic E-state index is 0.0261. The van der Waals surface area contributed by atoms with Crippen molar-refractivity contribution in [2.45, 2.75) is 46.5 Å². The van der Waals surface area contributed by atoms with Gasteiger partial charge in [0.25, 0.3) is 0 Å². The molecule has 2 atom stereocenters. The number of rotatable bonds is 4. The smallest absolute Gasteiger partial charge is 0.220 e. The van der Waals surface area contributed by atoms with Gasteiger partial charge < -0.3 is 10.4 Å². The fourth-order valence-corrected chi connectivity index (χ4v) is 3.23. The molecule has 2 unspecified atom stereocenters. The van der Waals surface area contributed by atoms with Gasteiger partial charge >= 0.3 is 0 Å². The topological polar surface area (TPSA) is 49.3 Å². The Kier molecular flexibility index (Phi) is 4.78. The van der Waals surface area contributed by atoms with Crippen LogP contribution in [0.4, 0.5) is 0 Å². The number of carbonyl (C=O) groups excluding carboxylic acids is 1. The number of carbonyl (C=O) groups is 1. The molecule has 0 aromatic heterocycles. The molecule has 1 fully saturated rings. The van der Waals surface area contributed by atoms with Crippen LogP contribution in [0.15, 0.2) is 0 Å². The molecule has 0 saturated heterocycles. The van der Waals surface area contributed by atoms with E-state index in [-0.39, 0.29) is 12.5 Å². The number of hydrogen-bond acceptors (Lipinski definition) is 2. The molecular weight excluding hydrogens is 202 g/mol. The van der Waals surface area contributed by atoms with Gasteiger partial charge in [-0.15, -0.1) is 0 Å². The quantitative estimate of drug-likeness (QED) is 0.771. The number of hydrogen-bond donors (Lipinski definition) is 2. The molecule has 94 valence electrons. The second-order valence-corrected chi connectivity index (χ2v) is 6.06. The van der Waals surface area contributed by atoms with E-state index in [2.05, 4.69) is 26.1 Å². The highest BCUT2D eigenvalue weighted by Crippen LogP contribution is 2.42. The van der Waals surface area contributed by atoms with Crippen molar-refractivity contribution in [2.75, 3.05) is 13.2 Å². The lowest BCUT2D eigenvalue weighted by Crippen LogP contribution is -2.33. The highest BCUT2D eigenvalue weighted by Gasteiger charge is 2.32. The summed E-state index contributed by atoms with van der Waals surface area (Å²) in [5.41, 5.74) is 0.375. The zero-order valence-electron chi connectivity index (χ0n) is 10.8. The summed E-state index contributed by atoms with van der Waals surface area (Å²) in [7, 11) is 0. The third-order valence-electron chi connectivity index (χ3n) is 3.39. The molecule has 2 N–H and O–H groups in total. The summed E-state index contributed by atoms with van der Waals surface area (Å²) in [6, 6.07) is 0. The Labute approximate surface area is 98.6 Å². The first kappa shape index (κ1) is 13.5. The summed E-state index contributed by atoms with van der Waals surface area (Å²) >= 11 is 0. The Morgan fingerprint density at radius 1 is 1.44 bits per heavy atom. The fraction of sp³-hybridized carbons (Fsp3) is 0.923. The van der Waals surface area contributed by atoms with Crippen molar-refractivity contribution in [1.29, 1.82) is 0 Å². The molecule has 0 aromatic carbocycles. The first-order chi connectivity index (χ1) is 7.43. The molecule has 0 aromatic rings. The lowest BCUT2D eigenvalue weighted by molar-refractivity contribution is -0.122. The minimum atomic E-state index is 0.0261. The number of aliphatic hydroxyl groups is 1. The van der Waals surface area contributed by atoms with E-state index in [0.29, 0.717) is 24.3 Å². The SMILES string of the molecule is CC1CC(CC(=O)NCCO)CC(C)(C)C1. The average Bonchev–Trinajstić information content (AvgIpc) is 2.11. The van der Waals surface area contributed by atoms with Gasteiger partial charge in [-0.3, -0.25) is 4.79 Å². The number of amides is 1. The van der Waals surface area contributed by atoms with Gasteiger partial charge in [0.05, 0.1) is 6.61 Å². The van der Waals surface area contributed by atoms with Crippen LogP contribution < -0.4 is 5.32 Å². The van der Waals surface area contributed by atoms with Crippen molar-refractivity contribution in [3.8, 4) is 0 Å². The molecule has 1 aliphatic carbocycles. The summed E-state index contributed by atoms with van der Waals surface area (Å²) in [5, 5.41) is 11.4. The van der Waals surface area contributed by atoms with E-state index in [1.54, 1.807) is 0 Å². The molecule has 1 rings (SSSR count). The van der Waals surface area contributed by atoms with Crippen LogP contribution in [0.25, 0.3) is 0 Å². The maximum atomic E-state index is 11.6. The van der Waals surface area contributed by atoms with Crippen molar-refractivity contribution < 1.29 is 9.90 Å². The van der Waals surface area contributed by atoms with Gasteiger partial charge in [0, 0.05) is 13.0 Å². The summed E-state index contributed by atoms with van der Waals surface area (Å²) < 4.78 is 0. The van der Waals surface area contributed by atoms with E-state index in [1.165, 1.54) is 6.42 Å². The maximum Gasteiger partial charge on any atom is 0.220 e. The largest absolute Gasteiger partial charge is 0.395 e. The lowest BCUT2D eigenvalue weighted by Gasteiger charge is -2.38. The molecule has 3 nitrogen and oxygen atoms in total. The minimum Gasteiger partial charge on any atom is -0.395 e. The molecule has 3 heteroatoms. The van der Waals surface area contributed by atoms with Crippen LogP contribution in [0.1, 0.15) is 46.5 Å². The summed E-state index contributed by atoms with van der Waals surface area (Å²) in [5.74, 6) is 1.32. The van der Waals surface area contributed by atoms with Crippen molar-refractivity contribution in [3.05, 3.63) is 0 Å². The number of nitrogens with one attached hydrogen (secondary N) is 1. The molecule has 0 radical (unpaired) electrons. The van der Waals surface area contributed by atoms with Crippen molar-refractivity contribution >= 4 is 5.91 Å². The lowest BCUT2D eigenvalue weighted by atomic mass is 9.67. The second kappa shape index (κ2) is 5.67. The van der Waals surface area contributed by atoms with E-state index in [4.69, 9.17) is 5.11 Å². The van der Waals surface area contributed by atoms with Crippen LogP contribution in [-0.2, 0) is 4.79 Å². The normalized spacial score (nSPS) is 28.8. The zero-order valence-corrected chi connectivity index (χ0v) is 10.8. The van der Waals surface area contributed by atoms with Gasteiger partial charge in [-0.05, 0) is 36.5 Å². The second-order valence-electron chi connectivity index (χ2n) is 6.06. The molecule has 1 aliphatic rings. The Bertz CT molecular complexity index is 238. The Balaban J connectivity index is 2.39. The van der Waals surface area contributed by atoms with Crippen molar-refractivity contribution in [3.63, 3.8) is 0 Å². The predicted octanol–water partition coefficient (Wildman–Crippen LogP) is 1.95. The molecule has 16 heavy (non-hydrogen) atoms. The standard InChI is InChI=1S/C13H25NO2/c1-10-6-11(9-13(2,3)8-10)7-12(16)14-4-5-15/h10-11,15H,4-9H2,1-3H3,(H,14,16). The van der Waals surface area contributed by atoms with E-state index in [9.17, 15) is 4.79 Å². The van der Waals surface area contributed by atoms with E-state index in [0.717, 1.165) is 18.8 Å². The monoisotopic (exact) mass is 227 g/mol. The van der Waals surface area contributed by atoms with Crippen LogP contribution >= 0.6 is 0 Å². The van der Waals surface area contributed by atoms with Gasteiger partial charge in [0.2, 0.25) is 5.91 Å². The van der Waals surface area contributed by atoms with Gasteiger partial charge in [0.1, 0.15) is 0 Å². The third-order valence-corrected chi connectivity index (χ3v) is 3.39. The van der Waals surface area contributed by atoms with Crippen LogP contribution in [0, 0.1) is 17.3 Å². The Hall–Kier alpha value is -0.570. The number of aliphatic hydroxyl groups excluding tert-OH is 1. The summed E-state index contributed by atoms with van der Waals surface area (Å²) in [4.78, 5) is 11.6. The highest BCUT2D eigenvalue weighted by atomic mass is 16.3. The Morgan fingerprint density at radius 3 is 2.69 bits per heavy atom. The van der Waals surface area contributed by atoms with Gasteiger partial charge in [0.15, 0.2) is 0 Å². The third kappa shape index (κ3) is 4.52. The summed E-state index contributed by atoms with van der Waals surface area (Å²) in [6.07, 6.45) is 4.19. The Morgan fingerprint density at radius 2 is 2.12 bits per heavy atom. The van der Waals surface area contributed by atoms with Crippen molar-refractivity contribution in [1.82, 2.24) is 5.32 Å². The summed E-state index contributed by atoms with van der Waals surface area (Å²) in [6.45, 7) is 7.27. The average molecular weight is 227 g/mol. The first-order valence-electron chi connectivity index (χ1n) is 6.30.